The van der Waals surface area contributed by atoms with Gasteiger partial charge in [-0.05, 0) is 32.0 Å². The molecule has 0 aliphatic carbocycles. The molecule has 0 aliphatic heterocycles. The summed E-state index contributed by atoms with van der Waals surface area (Å²) in [6.45, 7) is 3.82. The largest absolute Gasteiger partial charge is 0.357 e. The third-order valence-electron chi connectivity index (χ3n) is 3.70. The van der Waals surface area contributed by atoms with E-state index in [4.69, 9.17) is 0 Å². The van der Waals surface area contributed by atoms with Crippen molar-refractivity contribution in [1.29, 1.82) is 0 Å². The summed E-state index contributed by atoms with van der Waals surface area (Å²) < 4.78 is 0. The molecule has 4 rings (SSSR count). The number of H-pyrrole nitrogens is 2. The first kappa shape index (κ1) is 17.3. The Balaban J connectivity index is 0.000000286. The Bertz CT molecular complexity index is 960. The standard InChI is InChI=1S/C15H11N5.C4H9NO/c1-2-4-10(5-3-1)14-12-8-11(15-16-9-17-20-15)6-7-13(12)18-19-14;1-4(2)5-3-6/h1-9H,(H,18,19)(H,16,17,20);3-4H,1-2H3,(H,5,6). The summed E-state index contributed by atoms with van der Waals surface area (Å²) in [6, 6.07) is 16.5. The van der Waals surface area contributed by atoms with Crippen molar-refractivity contribution in [2.24, 2.45) is 0 Å². The SMILES string of the molecule is CC(C)NC=O.c1ccc(-c2n[nH]c3ccc(-c4ncn[nH]4)cc23)cc1. The second-order valence-corrected chi connectivity index (χ2v) is 5.97. The number of nitrogens with one attached hydrogen (secondary N) is 3. The molecule has 0 aliphatic rings. The van der Waals surface area contributed by atoms with Gasteiger partial charge in [-0.25, -0.2) is 4.98 Å². The van der Waals surface area contributed by atoms with Crippen molar-refractivity contribution in [2.45, 2.75) is 19.9 Å². The van der Waals surface area contributed by atoms with Crippen molar-refractivity contribution in [2.75, 3.05) is 0 Å². The Morgan fingerprint density at radius 1 is 1.04 bits per heavy atom. The Morgan fingerprint density at radius 2 is 1.85 bits per heavy atom. The number of fused-ring (bicyclic) bond motifs is 1. The minimum Gasteiger partial charge on any atom is -0.357 e. The molecule has 0 spiro atoms. The van der Waals surface area contributed by atoms with E-state index in [0.717, 1.165) is 33.5 Å². The lowest BCUT2D eigenvalue weighted by molar-refractivity contribution is -0.109. The first-order valence-electron chi connectivity index (χ1n) is 8.28. The summed E-state index contributed by atoms with van der Waals surface area (Å²) >= 11 is 0. The minimum absolute atomic E-state index is 0.280. The number of amides is 1. The van der Waals surface area contributed by atoms with Gasteiger partial charge in [0.1, 0.15) is 6.33 Å². The third kappa shape index (κ3) is 3.94. The Morgan fingerprint density at radius 3 is 2.46 bits per heavy atom. The van der Waals surface area contributed by atoms with Gasteiger partial charge >= 0.3 is 0 Å². The molecular formula is C19H20N6O. The van der Waals surface area contributed by atoms with Gasteiger partial charge in [0.2, 0.25) is 6.41 Å². The number of hydrogen-bond acceptors (Lipinski definition) is 4. The van der Waals surface area contributed by atoms with Crippen LogP contribution in [0, 0.1) is 0 Å². The summed E-state index contributed by atoms with van der Waals surface area (Å²) in [7, 11) is 0. The summed E-state index contributed by atoms with van der Waals surface area (Å²) in [4.78, 5) is 13.7. The zero-order chi connectivity index (χ0) is 18.4. The van der Waals surface area contributed by atoms with E-state index >= 15 is 0 Å². The maximum Gasteiger partial charge on any atom is 0.207 e. The van der Waals surface area contributed by atoms with E-state index in [2.05, 4.69) is 48.9 Å². The third-order valence-corrected chi connectivity index (χ3v) is 3.70. The van der Waals surface area contributed by atoms with Crippen molar-refractivity contribution in [3.8, 4) is 22.6 Å². The van der Waals surface area contributed by atoms with Crippen LogP contribution in [0.3, 0.4) is 0 Å². The Hall–Kier alpha value is -3.48. The van der Waals surface area contributed by atoms with Crippen LogP contribution in [0.15, 0.2) is 54.9 Å². The number of rotatable bonds is 4. The Labute approximate surface area is 150 Å². The van der Waals surface area contributed by atoms with Crippen LogP contribution < -0.4 is 5.32 Å². The van der Waals surface area contributed by atoms with Crippen LogP contribution in [-0.2, 0) is 4.79 Å². The highest BCUT2D eigenvalue weighted by Crippen LogP contribution is 2.29. The van der Waals surface area contributed by atoms with Gasteiger partial charge in [-0.1, -0.05) is 30.3 Å². The summed E-state index contributed by atoms with van der Waals surface area (Å²) in [5.41, 5.74) is 4.04. The molecule has 2 aromatic heterocycles. The van der Waals surface area contributed by atoms with Crippen molar-refractivity contribution in [1.82, 2.24) is 30.7 Å². The van der Waals surface area contributed by atoms with Crippen LogP contribution in [0.4, 0.5) is 0 Å². The molecule has 3 N–H and O–H groups in total. The molecule has 0 fully saturated rings. The molecule has 0 saturated heterocycles. The predicted molar refractivity (Wildman–Crippen MR) is 101 cm³/mol. The number of nitrogens with zero attached hydrogens (tertiary/aromatic N) is 3. The first-order chi connectivity index (χ1) is 12.7. The van der Waals surface area contributed by atoms with E-state index in [1.165, 1.54) is 6.33 Å². The molecule has 1 amide bonds. The highest BCUT2D eigenvalue weighted by molar-refractivity contribution is 5.95. The molecule has 26 heavy (non-hydrogen) atoms. The number of carbonyl (C=O) groups is 1. The maximum atomic E-state index is 9.50. The smallest absolute Gasteiger partial charge is 0.207 e. The highest BCUT2D eigenvalue weighted by Gasteiger charge is 2.10. The molecule has 0 unspecified atom stereocenters. The minimum atomic E-state index is 0.280. The average molecular weight is 348 g/mol. The molecule has 0 radical (unpaired) electrons. The molecule has 0 saturated carbocycles. The van der Waals surface area contributed by atoms with Crippen LogP contribution in [0.1, 0.15) is 13.8 Å². The number of benzene rings is 2. The molecule has 0 atom stereocenters. The van der Waals surface area contributed by atoms with Gasteiger partial charge in [-0.15, -0.1) is 0 Å². The van der Waals surface area contributed by atoms with Crippen molar-refractivity contribution < 1.29 is 4.79 Å². The summed E-state index contributed by atoms with van der Waals surface area (Å²) in [6.07, 6.45) is 2.21. The number of hydrogen-bond donors (Lipinski definition) is 3. The number of aromatic nitrogens is 5. The van der Waals surface area contributed by atoms with E-state index in [0.29, 0.717) is 6.41 Å². The summed E-state index contributed by atoms with van der Waals surface area (Å²) in [5, 5.41) is 17.8. The van der Waals surface area contributed by atoms with Gasteiger partial charge in [0.15, 0.2) is 5.82 Å². The van der Waals surface area contributed by atoms with E-state index < -0.39 is 0 Å². The molecule has 7 nitrogen and oxygen atoms in total. The number of carbonyl (C=O) groups excluding carboxylic acids is 1. The van der Waals surface area contributed by atoms with Crippen molar-refractivity contribution in [3.63, 3.8) is 0 Å². The first-order valence-corrected chi connectivity index (χ1v) is 8.28. The predicted octanol–water partition coefficient (Wildman–Crippen LogP) is 3.16. The van der Waals surface area contributed by atoms with Gasteiger partial charge in [0.05, 0.1) is 11.2 Å². The Kier molecular flexibility index (Phi) is 5.38. The second kappa shape index (κ2) is 8.06. The molecule has 0 bridgehead atoms. The van der Waals surface area contributed by atoms with Crippen LogP contribution in [0.2, 0.25) is 0 Å². The highest BCUT2D eigenvalue weighted by atomic mass is 16.1. The van der Waals surface area contributed by atoms with Crippen molar-refractivity contribution in [3.05, 3.63) is 54.9 Å². The zero-order valence-electron chi connectivity index (χ0n) is 14.6. The fourth-order valence-electron chi connectivity index (χ4n) is 2.46. The summed E-state index contributed by atoms with van der Waals surface area (Å²) in [5.74, 6) is 0.757. The van der Waals surface area contributed by atoms with Crippen LogP contribution >= 0.6 is 0 Å². The van der Waals surface area contributed by atoms with Crippen molar-refractivity contribution >= 4 is 17.3 Å². The van der Waals surface area contributed by atoms with E-state index in [1.807, 2.05) is 44.2 Å². The fourth-order valence-corrected chi connectivity index (χ4v) is 2.46. The van der Waals surface area contributed by atoms with E-state index in [9.17, 15) is 4.79 Å². The van der Waals surface area contributed by atoms with Crippen LogP contribution in [-0.4, -0.2) is 37.8 Å². The van der Waals surface area contributed by atoms with Gasteiger partial charge in [0.25, 0.3) is 0 Å². The normalized spacial score (nSPS) is 10.4. The molecule has 2 aromatic carbocycles. The van der Waals surface area contributed by atoms with Gasteiger partial charge in [0, 0.05) is 22.6 Å². The second-order valence-electron chi connectivity index (χ2n) is 5.97. The van der Waals surface area contributed by atoms with Gasteiger partial charge in [-0.3, -0.25) is 15.0 Å². The van der Waals surface area contributed by atoms with Crippen LogP contribution in [0.5, 0.6) is 0 Å². The maximum absolute atomic E-state index is 9.50. The van der Waals surface area contributed by atoms with Gasteiger partial charge in [-0.2, -0.15) is 10.2 Å². The molecule has 132 valence electrons. The fraction of sp³-hybridized carbons (Fsp3) is 0.158. The number of aromatic amines is 2. The molecule has 7 heteroatoms. The monoisotopic (exact) mass is 348 g/mol. The average Bonchev–Trinajstić information content (AvgIpc) is 3.32. The molecule has 2 heterocycles. The van der Waals surface area contributed by atoms with Gasteiger partial charge < -0.3 is 5.32 Å². The van der Waals surface area contributed by atoms with Crippen LogP contribution in [0.25, 0.3) is 33.5 Å². The van der Waals surface area contributed by atoms with E-state index in [1.54, 1.807) is 0 Å². The topological polar surface area (TPSA) is 99.3 Å². The lowest BCUT2D eigenvalue weighted by Crippen LogP contribution is -2.19. The zero-order valence-corrected chi connectivity index (χ0v) is 14.6. The molecule has 4 aromatic rings. The lowest BCUT2D eigenvalue weighted by Gasteiger charge is -1.99. The van der Waals surface area contributed by atoms with E-state index in [-0.39, 0.29) is 6.04 Å². The quantitative estimate of drug-likeness (QED) is 0.493. The lowest BCUT2D eigenvalue weighted by atomic mass is 10.1. The molecular weight excluding hydrogens is 328 g/mol.